The minimum absolute atomic E-state index is 0.0360. The molecule has 2 heterocycles. The molecule has 0 saturated carbocycles. The van der Waals surface area contributed by atoms with Crippen molar-refractivity contribution < 1.29 is 14.6 Å². The van der Waals surface area contributed by atoms with E-state index in [-0.39, 0.29) is 11.7 Å². The predicted molar refractivity (Wildman–Crippen MR) is 111 cm³/mol. The number of anilines is 1. The third kappa shape index (κ3) is 3.76. The van der Waals surface area contributed by atoms with Gasteiger partial charge in [0.1, 0.15) is 17.2 Å². The van der Waals surface area contributed by atoms with Crippen molar-refractivity contribution in [2.45, 2.75) is 0 Å². The second-order valence-corrected chi connectivity index (χ2v) is 7.04. The highest BCUT2D eigenvalue weighted by Gasteiger charge is 2.26. The molecule has 3 aromatic rings. The number of hydrogen-bond donors (Lipinski definition) is 1. The van der Waals surface area contributed by atoms with E-state index in [9.17, 15) is 9.90 Å². The van der Waals surface area contributed by atoms with E-state index < -0.39 is 0 Å². The van der Waals surface area contributed by atoms with Crippen molar-refractivity contribution in [1.29, 1.82) is 0 Å². The summed E-state index contributed by atoms with van der Waals surface area (Å²) in [5.74, 6) is 0.981. The fourth-order valence-corrected chi connectivity index (χ4v) is 3.63. The van der Waals surface area contributed by atoms with Gasteiger partial charge in [-0.2, -0.15) is 5.10 Å². The van der Waals surface area contributed by atoms with E-state index in [1.54, 1.807) is 31.0 Å². The molecule has 1 aromatic heterocycles. The predicted octanol–water partition coefficient (Wildman–Crippen LogP) is 2.76. The van der Waals surface area contributed by atoms with Crippen molar-refractivity contribution in [3.8, 4) is 22.8 Å². The molecule has 1 aliphatic rings. The Morgan fingerprint density at radius 2 is 1.79 bits per heavy atom. The number of aryl methyl sites for hydroxylation is 1. The van der Waals surface area contributed by atoms with Crippen LogP contribution in [-0.4, -0.2) is 59.0 Å². The summed E-state index contributed by atoms with van der Waals surface area (Å²) in [6, 6.07) is 16.8. The van der Waals surface area contributed by atoms with Crippen molar-refractivity contribution in [3.63, 3.8) is 0 Å². The van der Waals surface area contributed by atoms with Crippen LogP contribution in [0.5, 0.6) is 11.5 Å². The lowest BCUT2D eigenvalue weighted by Crippen LogP contribution is -2.49. The molecule has 0 spiro atoms. The van der Waals surface area contributed by atoms with E-state index >= 15 is 0 Å². The Hall–Kier alpha value is -3.48. The van der Waals surface area contributed by atoms with Crippen LogP contribution in [0.15, 0.2) is 54.6 Å². The number of nitrogens with zero attached hydrogens (tertiary/aromatic N) is 4. The Bertz CT molecular complexity index is 1020. The number of amides is 1. The van der Waals surface area contributed by atoms with E-state index in [4.69, 9.17) is 4.74 Å². The Kier molecular flexibility index (Phi) is 5.12. The number of aromatic hydroxyl groups is 1. The van der Waals surface area contributed by atoms with Gasteiger partial charge in [0.05, 0.1) is 18.5 Å². The minimum atomic E-state index is -0.0360. The Morgan fingerprint density at radius 3 is 2.52 bits per heavy atom. The topological polar surface area (TPSA) is 70.8 Å². The molecule has 1 fully saturated rings. The number of methoxy groups -OCH3 is 1. The molecule has 7 heteroatoms. The molecular weight excluding hydrogens is 368 g/mol. The number of para-hydroxylation sites is 2. The van der Waals surface area contributed by atoms with E-state index in [1.807, 2.05) is 47.4 Å². The van der Waals surface area contributed by atoms with E-state index in [0.717, 1.165) is 22.7 Å². The summed E-state index contributed by atoms with van der Waals surface area (Å²) < 4.78 is 6.91. The maximum atomic E-state index is 13.1. The molecule has 2 aromatic carbocycles. The van der Waals surface area contributed by atoms with Crippen LogP contribution in [0, 0.1) is 0 Å². The monoisotopic (exact) mass is 392 g/mol. The molecule has 1 N–H and O–H groups in total. The highest BCUT2D eigenvalue weighted by Crippen LogP contribution is 2.28. The highest BCUT2D eigenvalue weighted by molar-refractivity contribution is 5.94. The quantitative estimate of drug-likeness (QED) is 0.739. The number of piperazine rings is 1. The second-order valence-electron chi connectivity index (χ2n) is 7.04. The van der Waals surface area contributed by atoms with Crippen LogP contribution in [0.4, 0.5) is 5.69 Å². The van der Waals surface area contributed by atoms with Crippen molar-refractivity contribution in [1.82, 2.24) is 14.7 Å². The maximum absolute atomic E-state index is 13.1. The molecule has 0 atom stereocenters. The van der Waals surface area contributed by atoms with Gasteiger partial charge in [0.2, 0.25) is 0 Å². The fraction of sp³-hybridized carbons (Fsp3) is 0.273. The molecule has 1 amide bonds. The Morgan fingerprint density at radius 1 is 1.03 bits per heavy atom. The van der Waals surface area contributed by atoms with Crippen molar-refractivity contribution in [3.05, 3.63) is 60.3 Å². The Labute approximate surface area is 169 Å². The molecule has 7 nitrogen and oxygen atoms in total. The van der Waals surface area contributed by atoms with E-state index in [1.165, 1.54) is 0 Å². The molecule has 1 aliphatic heterocycles. The summed E-state index contributed by atoms with van der Waals surface area (Å²) in [4.78, 5) is 17.0. The average molecular weight is 392 g/mol. The van der Waals surface area contributed by atoms with Gasteiger partial charge in [-0.1, -0.05) is 24.3 Å². The number of hydrogen-bond acceptors (Lipinski definition) is 5. The first-order valence-electron chi connectivity index (χ1n) is 9.57. The van der Waals surface area contributed by atoms with Crippen LogP contribution in [-0.2, 0) is 7.05 Å². The van der Waals surface area contributed by atoms with Crippen LogP contribution < -0.4 is 9.64 Å². The van der Waals surface area contributed by atoms with Crippen LogP contribution in [0.2, 0.25) is 0 Å². The van der Waals surface area contributed by atoms with Gasteiger partial charge >= 0.3 is 0 Å². The van der Waals surface area contributed by atoms with Crippen molar-refractivity contribution in [2.75, 3.05) is 38.2 Å². The van der Waals surface area contributed by atoms with Crippen LogP contribution in [0.3, 0.4) is 0 Å². The van der Waals surface area contributed by atoms with Gasteiger partial charge in [-0.05, 0) is 30.3 Å². The zero-order valence-electron chi connectivity index (χ0n) is 16.6. The zero-order chi connectivity index (χ0) is 20.4. The standard InChI is InChI=1S/C22H24N4O3/c1-24-20(15-18(23-24)16-6-5-7-17(14-16)29-2)22(28)26-12-10-25(11-13-26)19-8-3-4-9-21(19)27/h3-9,14-15,27H,10-13H2,1-2H3. The number of phenols is 1. The van der Waals surface area contributed by atoms with Crippen LogP contribution in [0.1, 0.15) is 10.5 Å². The van der Waals surface area contributed by atoms with Gasteiger partial charge in [0, 0.05) is 38.8 Å². The average Bonchev–Trinajstić information content (AvgIpc) is 3.15. The molecular formula is C22H24N4O3. The number of ether oxygens (including phenoxy) is 1. The Balaban J connectivity index is 1.48. The van der Waals surface area contributed by atoms with Gasteiger partial charge in [-0.15, -0.1) is 0 Å². The molecule has 0 aliphatic carbocycles. The molecule has 0 bridgehead atoms. The highest BCUT2D eigenvalue weighted by atomic mass is 16.5. The summed E-state index contributed by atoms with van der Waals surface area (Å²) in [5.41, 5.74) is 3.00. The molecule has 0 unspecified atom stereocenters. The molecule has 29 heavy (non-hydrogen) atoms. The normalized spacial score (nSPS) is 14.1. The number of rotatable bonds is 4. The third-order valence-electron chi connectivity index (χ3n) is 5.25. The summed E-state index contributed by atoms with van der Waals surface area (Å²) in [5, 5.41) is 14.6. The van der Waals surface area contributed by atoms with Crippen molar-refractivity contribution in [2.24, 2.45) is 7.05 Å². The molecule has 0 radical (unpaired) electrons. The number of phenolic OH excluding ortho intramolecular Hbond substituents is 1. The van der Waals surface area contributed by atoms with E-state index in [0.29, 0.717) is 31.9 Å². The first kappa shape index (κ1) is 18.9. The van der Waals surface area contributed by atoms with Gasteiger partial charge in [0.25, 0.3) is 5.91 Å². The third-order valence-corrected chi connectivity index (χ3v) is 5.25. The first-order valence-corrected chi connectivity index (χ1v) is 9.57. The van der Waals surface area contributed by atoms with Gasteiger partial charge < -0.3 is 19.6 Å². The first-order chi connectivity index (χ1) is 14.1. The lowest BCUT2D eigenvalue weighted by Gasteiger charge is -2.36. The van der Waals surface area contributed by atoms with Crippen LogP contribution >= 0.6 is 0 Å². The van der Waals surface area contributed by atoms with Crippen molar-refractivity contribution >= 4 is 11.6 Å². The number of carbonyl (C=O) groups excluding carboxylic acids is 1. The number of carbonyl (C=O) groups is 1. The number of aromatic nitrogens is 2. The smallest absolute Gasteiger partial charge is 0.272 e. The second kappa shape index (κ2) is 7.87. The fourth-order valence-electron chi connectivity index (χ4n) is 3.63. The lowest BCUT2D eigenvalue weighted by molar-refractivity contribution is 0.0735. The maximum Gasteiger partial charge on any atom is 0.272 e. The SMILES string of the molecule is COc1cccc(-c2cc(C(=O)N3CCN(c4ccccc4O)CC3)n(C)n2)c1. The van der Waals surface area contributed by atoms with Gasteiger partial charge in [-0.3, -0.25) is 9.48 Å². The lowest BCUT2D eigenvalue weighted by atomic mass is 10.1. The van der Waals surface area contributed by atoms with E-state index in [2.05, 4.69) is 10.00 Å². The minimum Gasteiger partial charge on any atom is -0.506 e. The van der Waals surface area contributed by atoms with Crippen LogP contribution in [0.25, 0.3) is 11.3 Å². The van der Waals surface area contributed by atoms with Gasteiger partial charge in [-0.25, -0.2) is 0 Å². The number of benzene rings is 2. The molecule has 4 rings (SSSR count). The molecule has 150 valence electrons. The van der Waals surface area contributed by atoms with Gasteiger partial charge in [0.15, 0.2) is 0 Å². The zero-order valence-corrected chi connectivity index (χ0v) is 16.6. The summed E-state index contributed by atoms with van der Waals surface area (Å²) in [7, 11) is 3.41. The summed E-state index contributed by atoms with van der Waals surface area (Å²) in [6.45, 7) is 2.52. The molecule has 1 saturated heterocycles. The summed E-state index contributed by atoms with van der Waals surface area (Å²) >= 11 is 0. The summed E-state index contributed by atoms with van der Waals surface area (Å²) in [6.07, 6.45) is 0. The largest absolute Gasteiger partial charge is 0.506 e.